The molecule has 3 aromatic heterocycles. The number of H-pyrrole nitrogens is 1. The molecule has 14 nitrogen and oxygen atoms in total. The van der Waals surface area contributed by atoms with Gasteiger partial charge in [0.15, 0.2) is 11.4 Å². The molecule has 0 bridgehead atoms. The number of carbonyl (C=O) groups excluding carboxylic acids is 4. The zero-order chi connectivity index (χ0) is 39.1. The Labute approximate surface area is 329 Å². The molecule has 2 N–H and O–H groups in total. The minimum atomic E-state index is -0.294. The molecular formula is C41H44ClN9O5. The maximum absolute atomic E-state index is 13.5. The number of amides is 4. The van der Waals surface area contributed by atoms with E-state index in [1.54, 1.807) is 28.9 Å². The lowest BCUT2D eigenvalue weighted by Crippen LogP contribution is -2.44. The Kier molecular flexibility index (Phi) is 10.2. The standard InChI is InChI=1S/C41H44ClN9O5/c1-24-32(23-49(3)47-24)37-45-35-36(33(42)20-43-38(35)46-37)56-30-10-6-27(7-11-30)41(55)50-18-15-28(16-19-50)40(54)48(2)21-25-14-17-51(22-25)29-8-4-26(5-9-29)31-12-13-34(52)44-39(31)53/h4-11,20,23,25,28,31H,12-19,21-22H2,1-3H3,(H,43,45,46)(H,44,52,53)/t25?,31-/m1/s1. The molecule has 3 fully saturated rings. The van der Waals surface area contributed by atoms with Gasteiger partial charge in [-0.3, -0.25) is 29.2 Å². The first kappa shape index (κ1) is 37.2. The molecule has 1 unspecified atom stereocenters. The van der Waals surface area contributed by atoms with Gasteiger partial charge in [0.2, 0.25) is 17.7 Å². The van der Waals surface area contributed by atoms with Crippen LogP contribution in [-0.2, 0) is 21.4 Å². The van der Waals surface area contributed by atoms with E-state index in [2.05, 4.69) is 30.3 Å². The van der Waals surface area contributed by atoms with E-state index >= 15 is 0 Å². The Morgan fingerprint density at radius 1 is 1.00 bits per heavy atom. The number of imidazole rings is 1. The molecule has 5 aromatic rings. The zero-order valence-corrected chi connectivity index (χ0v) is 32.4. The number of carbonyl (C=O) groups is 4. The number of hydrogen-bond donors (Lipinski definition) is 2. The van der Waals surface area contributed by atoms with E-state index in [4.69, 9.17) is 16.3 Å². The Balaban J connectivity index is 0.816. The quantitative estimate of drug-likeness (QED) is 0.185. The Bertz CT molecular complexity index is 2300. The predicted octanol–water partition coefficient (Wildman–Crippen LogP) is 5.47. The van der Waals surface area contributed by atoms with E-state index < -0.39 is 0 Å². The summed E-state index contributed by atoms with van der Waals surface area (Å²) in [5, 5.41) is 7.15. The Hall–Kier alpha value is -5.76. The van der Waals surface area contributed by atoms with Gasteiger partial charge in [-0.25, -0.2) is 9.97 Å². The summed E-state index contributed by atoms with van der Waals surface area (Å²) in [5.41, 5.74) is 5.24. The number of halogens is 1. The van der Waals surface area contributed by atoms with E-state index in [9.17, 15) is 19.2 Å². The Morgan fingerprint density at radius 3 is 2.45 bits per heavy atom. The van der Waals surface area contributed by atoms with Gasteiger partial charge in [0.1, 0.15) is 22.1 Å². The van der Waals surface area contributed by atoms with Crippen LogP contribution in [0, 0.1) is 18.8 Å². The van der Waals surface area contributed by atoms with Crippen molar-refractivity contribution < 1.29 is 23.9 Å². The molecule has 3 aliphatic heterocycles. The van der Waals surface area contributed by atoms with Gasteiger partial charge in [-0.05, 0) is 80.5 Å². The van der Waals surface area contributed by atoms with Crippen LogP contribution in [0.1, 0.15) is 59.6 Å². The van der Waals surface area contributed by atoms with Gasteiger partial charge >= 0.3 is 0 Å². The number of piperidine rings is 2. The molecular weight excluding hydrogens is 734 g/mol. The van der Waals surface area contributed by atoms with E-state index in [0.29, 0.717) is 90.3 Å². The van der Waals surface area contributed by atoms with E-state index in [0.717, 1.165) is 42.0 Å². The topological polar surface area (TPSA) is 159 Å². The summed E-state index contributed by atoms with van der Waals surface area (Å²) in [6.45, 7) is 5.36. The minimum Gasteiger partial charge on any atom is -0.453 e. The molecule has 56 heavy (non-hydrogen) atoms. The highest BCUT2D eigenvalue weighted by atomic mass is 35.5. The number of aromatic nitrogens is 5. The number of imide groups is 1. The van der Waals surface area contributed by atoms with Crippen LogP contribution in [0.5, 0.6) is 11.5 Å². The number of hydrogen-bond acceptors (Lipinski definition) is 9. The first-order chi connectivity index (χ1) is 27.0. The fourth-order valence-corrected chi connectivity index (χ4v) is 8.38. The largest absolute Gasteiger partial charge is 0.453 e. The number of aryl methyl sites for hydroxylation is 2. The van der Waals surface area contributed by atoms with Crippen molar-refractivity contribution in [3.63, 3.8) is 0 Å². The molecule has 15 heteroatoms. The summed E-state index contributed by atoms with van der Waals surface area (Å²) in [6.07, 6.45) is 6.50. The molecule has 4 amide bonds. The van der Waals surface area contributed by atoms with Crippen molar-refractivity contribution in [2.45, 2.75) is 44.9 Å². The van der Waals surface area contributed by atoms with Gasteiger partial charge in [0, 0.05) is 76.6 Å². The van der Waals surface area contributed by atoms with Gasteiger partial charge < -0.3 is 24.4 Å². The molecule has 0 radical (unpaired) electrons. The Morgan fingerprint density at radius 2 is 1.75 bits per heavy atom. The van der Waals surface area contributed by atoms with Crippen LogP contribution in [0.4, 0.5) is 5.69 Å². The summed E-state index contributed by atoms with van der Waals surface area (Å²) < 4.78 is 7.93. The second kappa shape index (κ2) is 15.4. The summed E-state index contributed by atoms with van der Waals surface area (Å²) in [6, 6.07) is 15.0. The van der Waals surface area contributed by atoms with Gasteiger partial charge in [-0.1, -0.05) is 23.7 Å². The van der Waals surface area contributed by atoms with Crippen LogP contribution >= 0.6 is 11.6 Å². The van der Waals surface area contributed by atoms with E-state index in [1.807, 2.05) is 61.3 Å². The van der Waals surface area contributed by atoms with Crippen LogP contribution < -0.4 is 15.0 Å². The second-order valence-corrected chi connectivity index (χ2v) is 15.5. The van der Waals surface area contributed by atoms with Crippen molar-refractivity contribution >= 4 is 52.1 Å². The molecule has 2 aromatic carbocycles. The maximum Gasteiger partial charge on any atom is 0.253 e. The molecule has 3 saturated heterocycles. The van der Waals surface area contributed by atoms with Crippen molar-refractivity contribution in [2.75, 3.05) is 44.7 Å². The third kappa shape index (κ3) is 7.57. The first-order valence-corrected chi connectivity index (χ1v) is 19.4. The highest BCUT2D eigenvalue weighted by Crippen LogP contribution is 2.37. The molecule has 3 aliphatic rings. The van der Waals surface area contributed by atoms with Crippen LogP contribution in [0.25, 0.3) is 22.6 Å². The molecule has 0 spiro atoms. The molecule has 0 saturated carbocycles. The minimum absolute atomic E-state index is 0.0821. The molecule has 8 rings (SSSR count). The number of nitrogens with zero attached hydrogens (tertiary/aromatic N) is 7. The predicted molar refractivity (Wildman–Crippen MR) is 211 cm³/mol. The average Bonchev–Trinajstić information content (AvgIpc) is 3.94. The summed E-state index contributed by atoms with van der Waals surface area (Å²) >= 11 is 6.53. The van der Waals surface area contributed by atoms with Gasteiger partial charge in [0.05, 0.1) is 23.4 Å². The summed E-state index contributed by atoms with van der Waals surface area (Å²) in [4.78, 5) is 69.1. The maximum atomic E-state index is 13.5. The fourth-order valence-electron chi connectivity index (χ4n) is 8.20. The van der Waals surface area contributed by atoms with Crippen molar-refractivity contribution in [1.82, 2.24) is 39.8 Å². The number of rotatable bonds is 9. The number of aromatic amines is 1. The van der Waals surface area contributed by atoms with Crippen molar-refractivity contribution in [2.24, 2.45) is 18.9 Å². The van der Waals surface area contributed by atoms with Gasteiger partial charge in [0.25, 0.3) is 5.91 Å². The van der Waals surface area contributed by atoms with Gasteiger partial charge in [-0.2, -0.15) is 5.10 Å². The lowest BCUT2D eigenvalue weighted by molar-refractivity contribution is -0.136. The van der Waals surface area contributed by atoms with Crippen LogP contribution in [0.3, 0.4) is 0 Å². The van der Waals surface area contributed by atoms with Crippen molar-refractivity contribution in [3.05, 3.63) is 82.8 Å². The average molecular weight is 778 g/mol. The third-order valence-electron chi connectivity index (χ3n) is 11.2. The lowest BCUT2D eigenvalue weighted by Gasteiger charge is -2.34. The van der Waals surface area contributed by atoms with Crippen molar-refractivity contribution in [3.8, 4) is 22.9 Å². The number of anilines is 1. The number of benzene rings is 2. The second-order valence-electron chi connectivity index (χ2n) is 15.1. The third-order valence-corrected chi connectivity index (χ3v) is 11.5. The van der Waals surface area contributed by atoms with Crippen LogP contribution in [-0.4, -0.2) is 97.9 Å². The summed E-state index contributed by atoms with van der Waals surface area (Å²) in [5.74, 6) is 1.05. The number of fused-ring (bicyclic) bond motifs is 1. The first-order valence-electron chi connectivity index (χ1n) is 19.1. The van der Waals surface area contributed by atoms with Crippen molar-refractivity contribution in [1.29, 1.82) is 0 Å². The highest BCUT2D eigenvalue weighted by Gasteiger charge is 2.33. The van der Waals surface area contributed by atoms with E-state index in [-0.39, 0.29) is 35.5 Å². The summed E-state index contributed by atoms with van der Waals surface area (Å²) in [7, 11) is 3.74. The fraction of sp³-hybridized carbons (Fsp3) is 0.390. The molecule has 290 valence electrons. The van der Waals surface area contributed by atoms with E-state index in [1.165, 1.54) is 6.20 Å². The molecule has 0 aliphatic carbocycles. The number of pyridine rings is 1. The molecule has 2 atom stereocenters. The number of nitrogens with one attached hydrogen (secondary N) is 2. The lowest BCUT2D eigenvalue weighted by atomic mass is 9.90. The monoisotopic (exact) mass is 777 g/mol. The van der Waals surface area contributed by atoms with Crippen LogP contribution in [0.2, 0.25) is 5.02 Å². The molecule has 6 heterocycles. The normalized spacial score (nSPS) is 19.1. The smallest absolute Gasteiger partial charge is 0.253 e. The number of likely N-dealkylation sites (tertiary alicyclic amines) is 1. The van der Waals surface area contributed by atoms with Crippen LogP contribution in [0.15, 0.2) is 60.9 Å². The number of ether oxygens (including phenoxy) is 1. The van der Waals surface area contributed by atoms with Gasteiger partial charge in [-0.15, -0.1) is 0 Å². The SMILES string of the molecule is Cc1nn(C)cc1-c1nc2ncc(Cl)c(Oc3ccc(C(=O)N4CCC(C(=O)N(C)CC5CCN(c6ccc([C@H]7CCC(=O)NC7=O)cc6)C5)CC4)cc3)c2[nH]1. The highest BCUT2D eigenvalue weighted by molar-refractivity contribution is 6.32. The zero-order valence-electron chi connectivity index (χ0n) is 31.6.